The third-order valence-corrected chi connectivity index (χ3v) is 6.80. The molecule has 1 atom stereocenters. The Balaban J connectivity index is 1.53. The average molecular weight is 504 g/mol. The number of rotatable bonds is 5. The Morgan fingerprint density at radius 1 is 1.11 bits per heavy atom. The fourth-order valence-corrected chi connectivity index (χ4v) is 4.81. The van der Waals surface area contributed by atoms with E-state index in [0.29, 0.717) is 54.4 Å². The van der Waals surface area contributed by atoms with E-state index in [4.69, 9.17) is 4.74 Å². The van der Waals surface area contributed by atoms with Crippen LogP contribution in [0.3, 0.4) is 0 Å². The zero-order chi connectivity index (χ0) is 25.7. The standard InChI is InChI=1S/C25H26FN9O2/c1-14(23-27-5-4-6-28-23)34(3)22-19(25(36)30-18-13-33(2)32-21(18)22)24-29-17-12-15(11-16(26)20(17)31-24)35-7-9-37-10-8-35/h4-6,11-14H,7-10H2,1-3H3,(H,29,31)(H,30,36). The van der Waals surface area contributed by atoms with Gasteiger partial charge in [0.05, 0.1) is 36.0 Å². The highest BCUT2D eigenvalue weighted by atomic mass is 19.1. The molecule has 5 aromatic rings. The van der Waals surface area contributed by atoms with E-state index in [1.807, 2.05) is 24.9 Å². The van der Waals surface area contributed by atoms with Crippen LogP contribution in [-0.4, -0.2) is 68.1 Å². The summed E-state index contributed by atoms with van der Waals surface area (Å²) in [5, 5.41) is 4.61. The highest BCUT2D eigenvalue weighted by Gasteiger charge is 2.27. The van der Waals surface area contributed by atoms with Crippen LogP contribution in [0.2, 0.25) is 0 Å². The number of aromatic amines is 2. The number of halogens is 1. The van der Waals surface area contributed by atoms with Gasteiger partial charge in [-0.2, -0.15) is 5.10 Å². The van der Waals surface area contributed by atoms with Crippen LogP contribution >= 0.6 is 0 Å². The Kier molecular flexibility index (Phi) is 5.60. The van der Waals surface area contributed by atoms with E-state index in [9.17, 15) is 4.79 Å². The molecule has 2 N–H and O–H groups in total. The van der Waals surface area contributed by atoms with Gasteiger partial charge >= 0.3 is 0 Å². The number of hydrogen-bond acceptors (Lipinski definition) is 8. The van der Waals surface area contributed by atoms with Gasteiger partial charge < -0.3 is 24.5 Å². The number of pyridine rings is 1. The number of fused-ring (bicyclic) bond motifs is 2. The van der Waals surface area contributed by atoms with Gasteiger partial charge in [0.15, 0.2) is 5.82 Å². The van der Waals surface area contributed by atoms with E-state index in [-0.39, 0.29) is 28.5 Å². The predicted molar refractivity (Wildman–Crippen MR) is 138 cm³/mol. The quantitative estimate of drug-likeness (QED) is 0.376. The van der Waals surface area contributed by atoms with Crippen LogP contribution < -0.4 is 15.4 Å². The molecule has 1 unspecified atom stereocenters. The maximum absolute atomic E-state index is 15.2. The summed E-state index contributed by atoms with van der Waals surface area (Å²) < 4.78 is 22.3. The van der Waals surface area contributed by atoms with Crippen LogP contribution in [-0.2, 0) is 11.8 Å². The first kappa shape index (κ1) is 23.1. The van der Waals surface area contributed by atoms with Gasteiger partial charge in [-0.1, -0.05) is 0 Å². The number of aromatic nitrogens is 7. The monoisotopic (exact) mass is 503 g/mol. The van der Waals surface area contributed by atoms with Crippen LogP contribution in [0, 0.1) is 5.82 Å². The van der Waals surface area contributed by atoms with Gasteiger partial charge in [-0.25, -0.2) is 19.3 Å². The van der Waals surface area contributed by atoms with Crippen molar-refractivity contribution in [3.05, 3.63) is 58.8 Å². The number of hydrogen-bond donors (Lipinski definition) is 2. The molecule has 1 aromatic carbocycles. The van der Waals surface area contributed by atoms with Crippen LogP contribution in [0.5, 0.6) is 0 Å². The predicted octanol–water partition coefficient (Wildman–Crippen LogP) is 2.77. The molecule has 0 amide bonds. The number of nitrogens with zero attached hydrogens (tertiary/aromatic N) is 7. The van der Waals surface area contributed by atoms with E-state index < -0.39 is 5.82 Å². The molecule has 0 aliphatic carbocycles. The van der Waals surface area contributed by atoms with E-state index in [0.717, 1.165) is 5.69 Å². The van der Waals surface area contributed by atoms with Crippen molar-refractivity contribution in [2.75, 3.05) is 43.2 Å². The minimum absolute atomic E-state index is 0.167. The second-order valence-corrected chi connectivity index (χ2v) is 9.15. The Morgan fingerprint density at radius 3 is 2.62 bits per heavy atom. The first-order valence-corrected chi connectivity index (χ1v) is 12.0. The SMILES string of the molecule is CC(c1ncccn1)N(C)c1c(-c2nc3c(F)cc(N4CCOCC4)cc3[nH]2)c(=O)[nH]c2cn(C)nc12. The summed E-state index contributed by atoms with van der Waals surface area (Å²) in [5.41, 5.74) is 3.02. The molecular formula is C25H26FN9O2. The topological polar surface area (TPSA) is 121 Å². The summed E-state index contributed by atoms with van der Waals surface area (Å²) in [5.74, 6) is 0.383. The highest BCUT2D eigenvalue weighted by Crippen LogP contribution is 2.36. The molecule has 1 aliphatic rings. The molecule has 0 radical (unpaired) electrons. The van der Waals surface area contributed by atoms with Crippen LogP contribution in [0.1, 0.15) is 18.8 Å². The fourth-order valence-electron chi connectivity index (χ4n) is 4.81. The van der Waals surface area contributed by atoms with Crippen molar-refractivity contribution in [2.45, 2.75) is 13.0 Å². The number of imidazole rings is 1. The van der Waals surface area contributed by atoms with Crippen molar-refractivity contribution < 1.29 is 9.13 Å². The van der Waals surface area contributed by atoms with E-state index in [2.05, 4.69) is 34.9 Å². The maximum atomic E-state index is 15.2. The van der Waals surface area contributed by atoms with Gasteiger partial charge in [-0.3, -0.25) is 9.48 Å². The summed E-state index contributed by atoms with van der Waals surface area (Å²) in [4.78, 5) is 36.8. The van der Waals surface area contributed by atoms with Gasteiger partial charge in [-0.05, 0) is 25.1 Å². The van der Waals surface area contributed by atoms with Crippen LogP contribution in [0.4, 0.5) is 15.8 Å². The molecular weight excluding hydrogens is 477 g/mol. The lowest BCUT2D eigenvalue weighted by atomic mass is 10.1. The zero-order valence-corrected chi connectivity index (χ0v) is 20.7. The lowest BCUT2D eigenvalue weighted by Gasteiger charge is -2.28. The molecule has 0 saturated carbocycles. The van der Waals surface area contributed by atoms with Gasteiger partial charge in [-0.15, -0.1) is 0 Å². The van der Waals surface area contributed by atoms with Gasteiger partial charge in [0.25, 0.3) is 5.56 Å². The van der Waals surface area contributed by atoms with E-state index >= 15 is 4.39 Å². The molecule has 37 heavy (non-hydrogen) atoms. The number of H-pyrrole nitrogens is 2. The molecule has 1 saturated heterocycles. The highest BCUT2D eigenvalue weighted by molar-refractivity contribution is 5.97. The third-order valence-electron chi connectivity index (χ3n) is 6.80. The van der Waals surface area contributed by atoms with E-state index in [1.165, 1.54) is 6.07 Å². The summed E-state index contributed by atoms with van der Waals surface area (Å²) in [7, 11) is 3.64. The van der Waals surface area contributed by atoms with Crippen molar-refractivity contribution in [2.24, 2.45) is 7.05 Å². The number of ether oxygens (including phenoxy) is 1. The average Bonchev–Trinajstić information content (AvgIpc) is 3.50. The summed E-state index contributed by atoms with van der Waals surface area (Å²) in [6.45, 7) is 4.48. The smallest absolute Gasteiger partial charge is 0.261 e. The maximum Gasteiger partial charge on any atom is 0.261 e. The van der Waals surface area contributed by atoms with Gasteiger partial charge in [0, 0.05) is 51.5 Å². The zero-order valence-electron chi connectivity index (χ0n) is 20.7. The number of anilines is 2. The van der Waals surface area contributed by atoms with Crippen molar-refractivity contribution in [3.8, 4) is 11.4 Å². The molecule has 1 aliphatic heterocycles. The largest absolute Gasteiger partial charge is 0.378 e. The molecule has 0 spiro atoms. The molecule has 0 bridgehead atoms. The van der Waals surface area contributed by atoms with Crippen molar-refractivity contribution in [1.29, 1.82) is 0 Å². The Morgan fingerprint density at radius 2 is 1.86 bits per heavy atom. The first-order chi connectivity index (χ1) is 17.9. The van der Waals surface area contributed by atoms with Crippen LogP contribution in [0.15, 0.2) is 41.6 Å². The van der Waals surface area contributed by atoms with Crippen molar-refractivity contribution in [1.82, 2.24) is 34.7 Å². The molecule has 6 rings (SSSR count). The summed E-state index contributed by atoms with van der Waals surface area (Å²) in [6, 6.07) is 4.80. The third kappa shape index (κ3) is 3.99. The second-order valence-electron chi connectivity index (χ2n) is 9.15. The fraction of sp³-hybridized carbons (Fsp3) is 0.320. The molecule has 190 valence electrons. The van der Waals surface area contributed by atoms with Crippen molar-refractivity contribution >= 4 is 33.4 Å². The van der Waals surface area contributed by atoms with Gasteiger partial charge in [0.1, 0.15) is 28.2 Å². The second kappa shape index (κ2) is 8.96. The van der Waals surface area contributed by atoms with E-state index in [1.54, 1.807) is 36.4 Å². The minimum Gasteiger partial charge on any atom is -0.378 e. The Bertz CT molecular complexity index is 1650. The molecule has 5 heterocycles. The Hall–Kier alpha value is -4.32. The number of nitrogens with one attached hydrogen (secondary N) is 2. The summed E-state index contributed by atoms with van der Waals surface area (Å²) in [6.07, 6.45) is 5.10. The molecule has 1 fully saturated rings. The minimum atomic E-state index is -0.460. The molecule has 12 heteroatoms. The Labute approximate surface area is 210 Å². The lowest BCUT2D eigenvalue weighted by Crippen LogP contribution is -2.36. The van der Waals surface area contributed by atoms with Crippen molar-refractivity contribution in [3.63, 3.8) is 0 Å². The number of morpholine rings is 1. The number of benzene rings is 1. The lowest BCUT2D eigenvalue weighted by molar-refractivity contribution is 0.122. The van der Waals surface area contributed by atoms with Crippen LogP contribution in [0.25, 0.3) is 33.5 Å². The molecule has 11 nitrogen and oxygen atoms in total. The summed E-state index contributed by atoms with van der Waals surface area (Å²) >= 11 is 0. The molecule has 4 aromatic heterocycles. The van der Waals surface area contributed by atoms with Gasteiger partial charge in [0.2, 0.25) is 0 Å². The normalized spacial score (nSPS) is 15.0. The first-order valence-electron chi connectivity index (χ1n) is 12.0. The number of aryl methyl sites for hydroxylation is 1.